The van der Waals surface area contributed by atoms with E-state index in [0.717, 1.165) is 23.7 Å². The van der Waals surface area contributed by atoms with Crippen molar-refractivity contribution in [3.63, 3.8) is 0 Å². The van der Waals surface area contributed by atoms with Crippen molar-refractivity contribution in [1.29, 1.82) is 0 Å². The topological polar surface area (TPSA) is 72.1 Å². The Balaban J connectivity index is 0.00000529. The lowest BCUT2D eigenvalue weighted by atomic mass is 10.2. The molecule has 0 radical (unpaired) electrons. The molecule has 0 heterocycles. The maximum Gasteiger partial charge on any atom is 0.193 e. The van der Waals surface area contributed by atoms with Crippen molar-refractivity contribution in [2.24, 2.45) is 10.7 Å². The molecule has 0 fully saturated rings. The average molecular weight is 450 g/mol. The number of ether oxygens (including phenoxy) is 2. The summed E-state index contributed by atoms with van der Waals surface area (Å²) in [5.74, 6) is 1.87. The Hall–Kier alpha value is -1.22. The van der Waals surface area contributed by atoms with E-state index in [1.807, 2.05) is 32.0 Å². The molecule has 138 valence electrons. The number of likely N-dealkylation sites (N-methyl/N-ethyl adjacent to an activating group) is 1. The Morgan fingerprint density at radius 3 is 2.50 bits per heavy atom. The van der Waals surface area contributed by atoms with Gasteiger partial charge in [-0.3, -0.25) is 4.99 Å². The minimum absolute atomic E-state index is 0. The van der Waals surface area contributed by atoms with Gasteiger partial charge in [0.25, 0.3) is 0 Å². The van der Waals surface area contributed by atoms with Crippen LogP contribution in [0.2, 0.25) is 0 Å². The molecule has 0 saturated carbocycles. The molecule has 0 bridgehead atoms. The summed E-state index contributed by atoms with van der Waals surface area (Å²) in [6.45, 7) is 10.9. The molecule has 0 aliphatic rings. The van der Waals surface area contributed by atoms with E-state index in [-0.39, 0.29) is 24.0 Å². The van der Waals surface area contributed by atoms with Crippen molar-refractivity contribution in [2.75, 3.05) is 38.7 Å². The standard InChI is InChI=1S/C17H30N4O2.HI/c1-6-22-14-8-9-16(23-7-2)15(12-14)20-17(18)19-10-11-21(5)13(3)4;/h8-9,12-13H,6-7,10-11H2,1-5H3,(H3,18,19,20);1H. The highest BCUT2D eigenvalue weighted by Crippen LogP contribution is 2.29. The van der Waals surface area contributed by atoms with Crippen LogP contribution in [0.15, 0.2) is 23.2 Å². The van der Waals surface area contributed by atoms with E-state index >= 15 is 0 Å². The predicted octanol–water partition coefficient (Wildman–Crippen LogP) is 3.17. The van der Waals surface area contributed by atoms with Gasteiger partial charge in [0.1, 0.15) is 11.5 Å². The number of halogens is 1. The molecule has 1 aromatic carbocycles. The monoisotopic (exact) mass is 450 g/mol. The molecular formula is C17H31IN4O2. The van der Waals surface area contributed by atoms with Gasteiger partial charge in [-0.2, -0.15) is 0 Å². The molecule has 7 heteroatoms. The third-order valence-corrected chi connectivity index (χ3v) is 3.44. The second kappa shape index (κ2) is 12.2. The number of nitrogens with zero attached hydrogens (tertiary/aromatic N) is 2. The predicted molar refractivity (Wildman–Crippen MR) is 112 cm³/mol. The number of aliphatic imine (C=N–C) groups is 1. The summed E-state index contributed by atoms with van der Waals surface area (Å²) in [4.78, 5) is 6.58. The van der Waals surface area contributed by atoms with Crippen LogP contribution in [0.3, 0.4) is 0 Å². The van der Waals surface area contributed by atoms with Crippen molar-refractivity contribution in [3.8, 4) is 11.5 Å². The van der Waals surface area contributed by atoms with Crippen LogP contribution in [-0.4, -0.2) is 50.3 Å². The summed E-state index contributed by atoms with van der Waals surface area (Å²) in [7, 11) is 2.07. The van der Waals surface area contributed by atoms with Gasteiger partial charge in [0.15, 0.2) is 5.96 Å². The summed E-state index contributed by atoms with van der Waals surface area (Å²) < 4.78 is 11.1. The molecule has 0 atom stereocenters. The van der Waals surface area contributed by atoms with E-state index in [9.17, 15) is 0 Å². The minimum Gasteiger partial charge on any atom is -0.494 e. The SMILES string of the molecule is CCOc1ccc(OCC)c(NC(N)=NCCN(C)C(C)C)c1.I. The Labute approximate surface area is 162 Å². The number of rotatable bonds is 9. The molecule has 1 aromatic rings. The third-order valence-electron chi connectivity index (χ3n) is 3.44. The number of nitrogens with two attached hydrogens (primary N) is 1. The van der Waals surface area contributed by atoms with Gasteiger partial charge in [0, 0.05) is 18.7 Å². The zero-order chi connectivity index (χ0) is 17.2. The van der Waals surface area contributed by atoms with E-state index < -0.39 is 0 Å². The van der Waals surface area contributed by atoms with Crippen molar-refractivity contribution in [3.05, 3.63) is 18.2 Å². The van der Waals surface area contributed by atoms with Crippen molar-refractivity contribution in [2.45, 2.75) is 33.7 Å². The van der Waals surface area contributed by atoms with Gasteiger partial charge in [0.2, 0.25) is 0 Å². The Morgan fingerprint density at radius 2 is 1.92 bits per heavy atom. The van der Waals surface area contributed by atoms with Gasteiger partial charge >= 0.3 is 0 Å². The van der Waals surface area contributed by atoms with Gasteiger partial charge in [-0.05, 0) is 46.9 Å². The fourth-order valence-corrected chi connectivity index (χ4v) is 1.91. The molecule has 1 rings (SSSR count). The molecular weight excluding hydrogens is 419 g/mol. The van der Waals surface area contributed by atoms with Crippen LogP contribution in [-0.2, 0) is 0 Å². The van der Waals surface area contributed by atoms with Crippen LogP contribution in [0, 0.1) is 0 Å². The van der Waals surface area contributed by atoms with E-state index in [2.05, 4.69) is 36.1 Å². The van der Waals surface area contributed by atoms with Crippen molar-refractivity contribution < 1.29 is 9.47 Å². The molecule has 0 aromatic heterocycles. The zero-order valence-corrected chi connectivity index (χ0v) is 17.7. The van der Waals surface area contributed by atoms with Crippen molar-refractivity contribution in [1.82, 2.24) is 4.90 Å². The summed E-state index contributed by atoms with van der Waals surface area (Å²) in [6, 6.07) is 6.12. The third kappa shape index (κ3) is 8.05. The number of guanidine groups is 1. The lowest BCUT2D eigenvalue weighted by Gasteiger charge is -2.19. The van der Waals surface area contributed by atoms with Crippen LogP contribution in [0.5, 0.6) is 11.5 Å². The van der Waals surface area contributed by atoms with Crippen LogP contribution in [0.1, 0.15) is 27.7 Å². The van der Waals surface area contributed by atoms with Crippen LogP contribution in [0.25, 0.3) is 0 Å². The smallest absolute Gasteiger partial charge is 0.193 e. The lowest BCUT2D eigenvalue weighted by molar-refractivity contribution is 0.282. The largest absolute Gasteiger partial charge is 0.494 e. The number of anilines is 1. The van der Waals surface area contributed by atoms with E-state index in [1.54, 1.807) is 0 Å². The molecule has 0 aliphatic heterocycles. The van der Waals surface area contributed by atoms with Gasteiger partial charge in [-0.1, -0.05) is 0 Å². The zero-order valence-electron chi connectivity index (χ0n) is 15.3. The van der Waals surface area contributed by atoms with Gasteiger partial charge in [-0.15, -0.1) is 24.0 Å². The summed E-state index contributed by atoms with van der Waals surface area (Å²) in [5, 5.41) is 3.10. The molecule has 24 heavy (non-hydrogen) atoms. The minimum atomic E-state index is 0. The molecule has 0 aliphatic carbocycles. The number of hydrogen-bond acceptors (Lipinski definition) is 4. The first kappa shape index (κ1) is 22.8. The summed E-state index contributed by atoms with van der Waals surface area (Å²) in [6.07, 6.45) is 0. The van der Waals surface area contributed by atoms with Gasteiger partial charge in [-0.25, -0.2) is 0 Å². The van der Waals surface area contributed by atoms with E-state index in [4.69, 9.17) is 15.2 Å². The molecule has 0 spiro atoms. The van der Waals surface area contributed by atoms with Crippen LogP contribution >= 0.6 is 24.0 Å². The molecule has 0 amide bonds. The first-order valence-electron chi connectivity index (χ1n) is 8.14. The number of benzene rings is 1. The number of hydrogen-bond donors (Lipinski definition) is 2. The first-order valence-corrected chi connectivity index (χ1v) is 8.14. The van der Waals surface area contributed by atoms with Crippen LogP contribution < -0.4 is 20.5 Å². The number of nitrogens with one attached hydrogen (secondary N) is 1. The molecule has 0 unspecified atom stereocenters. The first-order chi connectivity index (χ1) is 11.0. The fourth-order valence-electron chi connectivity index (χ4n) is 1.91. The highest BCUT2D eigenvalue weighted by Gasteiger charge is 2.07. The maximum atomic E-state index is 5.98. The molecule has 3 N–H and O–H groups in total. The van der Waals surface area contributed by atoms with Crippen LogP contribution in [0.4, 0.5) is 5.69 Å². The van der Waals surface area contributed by atoms with Crippen molar-refractivity contribution >= 4 is 35.6 Å². The highest BCUT2D eigenvalue weighted by atomic mass is 127. The molecule has 0 saturated heterocycles. The maximum absolute atomic E-state index is 5.98. The second-order valence-electron chi connectivity index (χ2n) is 5.49. The van der Waals surface area contributed by atoms with E-state index in [1.165, 1.54) is 0 Å². The fraction of sp³-hybridized carbons (Fsp3) is 0.588. The highest BCUT2D eigenvalue weighted by molar-refractivity contribution is 14.0. The van der Waals surface area contributed by atoms with E-state index in [0.29, 0.717) is 31.8 Å². The quantitative estimate of drug-likeness (QED) is 0.344. The van der Waals surface area contributed by atoms with Gasteiger partial charge < -0.3 is 25.4 Å². The Morgan fingerprint density at radius 1 is 1.25 bits per heavy atom. The second-order valence-corrected chi connectivity index (χ2v) is 5.49. The normalized spacial score (nSPS) is 11.4. The summed E-state index contributed by atoms with van der Waals surface area (Å²) >= 11 is 0. The molecule has 6 nitrogen and oxygen atoms in total. The van der Waals surface area contributed by atoms with Gasteiger partial charge in [0.05, 0.1) is 25.4 Å². The average Bonchev–Trinajstić information content (AvgIpc) is 2.50. The summed E-state index contributed by atoms with van der Waals surface area (Å²) in [5.41, 5.74) is 6.74. The Kier molecular flexibility index (Phi) is 11.6. The lowest BCUT2D eigenvalue weighted by Crippen LogP contribution is -2.30. The Bertz CT molecular complexity index is 509.